The molecular weight excluding hydrogens is 190 g/mol. The van der Waals surface area contributed by atoms with Crippen LogP contribution in [0.2, 0.25) is 0 Å². The Kier molecular flexibility index (Phi) is 7.39. The molecule has 0 rings (SSSR count). The predicted molar refractivity (Wildman–Crippen MR) is 62.6 cm³/mol. The molecule has 0 fully saturated rings. The van der Waals surface area contributed by atoms with Crippen LogP contribution in [-0.2, 0) is 9.53 Å². The van der Waals surface area contributed by atoms with Crippen LogP contribution in [0.3, 0.4) is 0 Å². The van der Waals surface area contributed by atoms with Crippen LogP contribution in [0.5, 0.6) is 0 Å². The predicted octanol–water partition coefficient (Wildman–Crippen LogP) is 2.21. The fourth-order valence-corrected chi connectivity index (χ4v) is 2.01. The average Bonchev–Trinajstić information content (AvgIpc) is 2.16. The first kappa shape index (κ1) is 14.4. The first-order valence-corrected chi connectivity index (χ1v) is 6.07. The van der Waals surface area contributed by atoms with E-state index in [1.807, 2.05) is 6.92 Å². The normalized spacial score (nSPS) is 11.5. The van der Waals surface area contributed by atoms with E-state index in [1.54, 1.807) is 0 Å². The maximum absolute atomic E-state index is 11.3. The summed E-state index contributed by atoms with van der Waals surface area (Å²) in [7, 11) is 2.23. The first-order valence-electron chi connectivity index (χ1n) is 6.07. The minimum Gasteiger partial charge on any atom is -0.466 e. The molecule has 0 aliphatic heterocycles. The minimum absolute atomic E-state index is 0.0611. The van der Waals surface area contributed by atoms with Gasteiger partial charge in [-0.25, -0.2) is 0 Å². The Morgan fingerprint density at radius 2 is 1.60 bits per heavy atom. The molecule has 0 atom stereocenters. The van der Waals surface area contributed by atoms with Crippen LogP contribution in [0, 0.1) is 0 Å². The molecule has 0 N–H and O–H groups in total. The fraction of sp³-hybridized carbons (Fsp3) is 0.917. The number of carbonyl (C=O) groups is 1. The molecule has 3 heteroatoms. The molecule has 0 bridgehead atoms. The third kappa shape index (κ3) is 6.50. The largest absolute Gasteiger partial charge is 0.466 e. The summed E-state index contributed by atoms with van der Waals surface area (Å²) in [6, 6.07) is 0. The summed E-state index contributed by atoms with van der Waals surface area (Å²) in [5.41, 5.74) is 0. The Hall–Kier alpha value is -0.570. The van der Waals surface area contributed by atoms with Gasteiger partial charge in [0, 0.05) is 0 Å². The zero-order valence-electron chi connectivity index (χ0n) is 10.7. The van der Waals surface area contributed by atoms with Crippen LogP contribution in [0.1, 0.15) is 40.0 Å². The van der Waals surface area contributed by atoms with Gasteiger partial charge in [-0.2, -0.15) is 0 Å². The topological polar surface area (TPSA) is 26.3 Å². The van der Waals surface area contributed by atoms with Gasteiger partial charge >= 0.3 is 5.97 Å². The number of ether oxygens (including phenoxy) is 1. The Labute approximate surface area is 94.0 Å². The number of esters is 1. The van der Waals surface area contributed by atoms with Gasteiger partial charge in [-0.15, -0.1) is 0 Å². The van der Waals surface area contributed by atoms with Gasteiger partial charge in [0.15, 0.2) is 0 Å². The molecule has 0 saturated carbocycles. The van der Waals surface area contributed by atoms with Crippen molar-refractivity contribution in [2.75, 3.05) is 33.3 Å². The molecule has 0 spiro atoms. The van der Waals surface area contributed by atoms with Gasteiger partial charge in [-0.3, -0.25) is 4.79 Å². The highest BCUT2D eigenvalue weighted by Gasteiger charge is 2.20. The maximum atomic E-state index is 11.3. The van der Waals surface area contributed by atoms with Crippen molar-refractivity contribution in [3.63, 3.8) is 0 Å². The Morgan fingerprint density at radius 3 is 2.00 bits per heavy atom. The molecule has 0 aromatic rings. The van der Waals surface area contributed by atoms with E-state index in [-0.39, 0.29) is 5.97 Å². The van der Waals surface area contributed by atoms with E-state index in [4.69, 9.17) is 4.74 Å². The third-order valence-electron chi connectivity index (χ3n) is 2.69. The Bertz CT molecular complexity index is 174. The molecule has 0 aliphatic carbocycles. The number of hydrogen-bond donors (Lipinski definition) is 0. The number of carbonyl (C=O) groups excluding carboxylic acids is 1. The second-order valence-electron chi connectivity index (χ2n) is 4.35. The van der Waals surface area contributed by atoms with Gasteiger partial charge in [0.25, 0.3) is 0 Å². The van der Waals surface area contributed by atoms with E-state index in [0.717, 1.165) is 24.1 Å². The van der Waals surface area contributed by atoms with Crippen LogP contribution in [0.4, 0.5) is 0 Å². The van der Waals surface area contributed by atoms with Crippen LogP contribution < -0.4 is 0 Å². The van der Waals surface area contributed by atoms with Crippen molar-refractivity contribution in [3.05, 3.63) is 0 Å². The summed E-state index contributed by atoms with van der Waals surface area (Å²) >= 11 is 0. The van der Waals surface area contributed by atoms with Crippen molar-refractivity contribution < 1.29 is 14.0 Å². The van der Waals surface area contributed by atoms with Crippen molar-refractivity contribution in [1.29, 1.82) is 0 Å². The molecule has 0 unspecified atom stereocenters. The number of nitrogens with zero attached hydrogens (tertiary/aromatic N) is 1. The van der Waals surface area contributed by atoms with E-state index < -0.39 is 0 Å². The summed E-state index contributed by atoms with van der Waals surface area (Å²) in [5.74, 6) is -0.0611. The molecule has 0 saturated heterocycles. The van der Waals surface area contributed by atoms with Crippen molar-refractivity contribution in [3.8, 4) is 0 Å². The molecule has 0 aromatic carbocycles. The zero-order valence-corrected chi connectivity index (χ0v) is 10.7. The van der Waals surface area contributed by atoms with E-state index in [0.29, 0.717) is 13.0 Å². The van der Waals surface area contributed by atoms with Gasteiger partial charge in [-0.1, -0.05) is 13.8 Å². The third-order valence-corrected chi connectivity index (χ3v) is 2.69. The second kappa shape index (κ2) is 7.69. The summed E-state index contributed by atoms with van der Waals surface area (Å²) in [5, 5.41) is 0. The molecule has 0 amide bonds. The molecule has 90 valence electrons. The maximum Gasteiger partial charge on any atom is 0.311 e. The van der Waals surface area contributed by atoms with Crippen LogP contribution >= 0.6 is 0 Å². The summed E-state index contributed by atoms with van der Waals surface area (Å²) in [4.78, 5) is 11.3. The lowest BCUT2D eigenvalue weighted by atomic mass is 10.2. The van der Waals surface area contributed by atoms with E-state index in [9.17, 15) is 4.79 Å². The van der Waals surface area contributed by atoms with Crippen molar-refractivity contribution in [2.45, 2.75) is 40.0 Å². The van der Waals surface area contributed by atoms with Crippen molar-refractivity contribution in [2.24, 2.45) is 0 Å². The van der Waals surface area contributed by atoms with Crippen LogP contribution in [-0.4, -0.2) is 43.7 Å². The van der Waals surface area contributed by atoms with E-state index in [1.165, 1.54) is 12.8 Å². The van der Waals surface area contributed by atoms with Gasteiger partial charge in [0.1, 0.15) is 0 Å². The summed E-state index contributed by atoms with van der Waals surface area (Å²) < 4.78 is 5.94. The van der Waals surface area contributed by atoms with E-state index in [2.05, 4.69) is 20.9 Å². The first-order chi connectivity index (χ1) is 7.08. The average molecular weight is 216 g/mol. The van der Waals surface area contributed by atoms with Crippen LogP contribution in [0.25, 0.3) is 0 Å². The van der Waals surface area contributed by atoms with Gasteiger partial charge in [-0.05, 0) is 19.8 Å². The highest BCUT2D eigenvalue weighted by Crippen LogP contribution is 2.07. The molecule has 0 radical (unpaired) electrons. The lowest BCUT2D eigenvalue weighted by Crippen LogP contribution is -2.46. The van der Waals surface area contributed by atoms with Gasteiger partial charge in [0.05, 0.1) is 39.7 Å². The van der Waals surface area contributed by atoms with Crippen molar-refractivity contribution >= 4 is 5.97 Å². The number of quaternary nitrogens is 1. The van der Waals surface area contributed by atoms with Crippen LogP contribution in [0.15, 0.2) is 0 Å². The summed E-state index contributed by atoms with van der Waals surface area (Å²) in [6.07, 6.45) is 2.88. The fourth-order valence-electron chi connectivity index (χ4n) is 2.01. The standard InChI is InChI=1S/C12H26NO2/c1-5-9-13(4,10-6-2)11-8-12(14)15-7-3/h5-11H2,1-4H3/q+1. The Balaban J connectivity index is 3.99. The quantitative estimate of drug-likeness (QED) is 0.459. The molecule has 15 heavy (non-hydrogen) atoms. The zero-order chi connectivity index (χ0) is 11.7. The molecule has 0 heterocycles. The second-order valence-corrected chi connectivity index (χ2v) is 4.35. The molecular formula is C12H26NO2+. The highest BCUT2D eigenvalue weighted by atomic mass is 16.5. The molecule has 0 aromatic heterocycles. The van der Waals surface area contributed by atoms with E-state index >= 15 is 0 Å². The van der Waals surface area contributed by atoms with Gasteiger partial charge in [0.2, 0.25) is 0 Å². The highest BCUT2D eigenvalue weighted by molar-refractivity contribution is 5.69. The molecule has 0 aliphatic rings. The minimum atomic E-state index is -0.0611. The number of rotatable bonds is 8. The lowest BCUT2D eigenvalue weighted by molar-refractivity contribution is -0.909. The SMILES string of the molecule is CCC[N+](C)(CCC)CCC(=O)OCC. The Morgan fingerprint density at radius 1 is 1.07 bits per heavy atom. The monoisotopic (exact) mass is 216 g/mol. The smallest absolute Gasteiger partial charge is 0.311 e. The number of hydrogen-bond acceptors (Lipinski definition) is 2. The van der Waals surface area contributed by atoms with Gasteiger partial charge < -0.3 is 9.22 Å². The lowest BCUT2D eigenvalue weighted by Gasteiger charge is -2.33. The summed E-state index contributed by atoms with van der Waals surface area (Å²) in [6.45, 7) is 9.92. The van der Waals surface area contributed by atoms with Crippen molar-refractivity contribution in [1.82, 2.24) is 0 Å². The molecule has 3 nitrogen and oxygen atoms in total.